The van der Waals surface area contributed by atoms with Crippen molar-refractivity contribution in [2.75, 3.05) is 26.7 Å². The molecule has 0 aliphatic rings. The molecule has 0 saturated heterocycles. The third-order valence-electron chi connectivity index (χ3n) is 3.30. The first kappa shape index (κ1) is 15.3. The lowest BCUT2D eigenvalue weighted by molar-refractivity contribution is -0.130. The molecule has 0 aliphatic heterocycles. The summed E-state index contributed by atoms with van der Waals surface area (Å²) in [5.41, 5.74) is 6.33. The number of nitrogens with zero attached hydrogens (tertiary/aromatic N) is 2. The maximum Gasteiger partial charge on any atom is 0.225 e. The van der Waals surface area contributed by atoms with Gasteiger partial charge in [0.1, 0.15) is 5.75 Å². The summed E-state index contributed by atoms with van der Waals surface area (Å²) >= 11 is 0. The average molecular weight is 287 g/mol. The van der Waals surface area contributed by atoms with E-state index in [9.17, 15) is 4.79 Å². The SMILES string of the molecule is CN(CCCN)C(=O)CCOc1cccc2ncccc12. The molecule has 5 heteroatoms. The molecule has 0 bridgehead atoms. The molecule has 2 aromatic rings. The number of fused-ring (bicyclic) bond motifs is 1. The van der Waals surface area contributed by atoms with Gasteiger partial charge in [0.2, 0.25) is 5.91 Å². The lowest BCUT2D eigenvalue weighted by Gasteiger charge is -2.17. The van der Waals surface area contributed by atoms with E-state index in [0.717, 1.165) is 23.1 Å². The Morgan fingerprint density at radius 1 is 1.33 bits per heavy atom. The Labute approximate surface area is 124 Å². The number of hydrogen-bond acceptors (Lipinski definition) is 4. The van der Waals surface area contributed by atoms with E-state index in [1.165, 1.54) is 0 Å². The monoisotopic (exact) mass is 287 g/mol. The third kappa shape index (κ3) is 4.16. The van der Waals surface area contributed by atoms with Crippen molar-refractivity contribution in [2.45, 2.75) is 12.8 Å². The Kier molecular flexibility index (Phi) is 5.51. The number of hydrogen-bond donors (Lipinski definition) is 1. The minimum Gasteiger partial charge on any atom is -0.492 e. The number of rotatable bonds is 7. The lowest BCUT2D eigenvalue weighted by atomic mass is 10.2. The van der Waals surface area contributed by atoms with Gasteiger partial charge in [0, 0.05) is 25.2 Å². The van der Waals surface area contributed by atoms with Gasteiger partial charge in [-0.05, 0) is 37.2 Å². The molecule has 0 saturated carbocycles. The first-order valence-electron chi connectivity index (χ1n) is 7.13. The van der Waals surface area contributed by atoms with Crippen LogP contribution in [0, 0.1) is 0 Å². The molecule has 2 N–H and O–H groups in total. The molecule has 0 radical (unpaired) electrons. The van der Waals surface area contributed by atoms with E-state index < -0.39 is 0 Å². The summed E-state index contributed by atoms with van der Waals surface area (Å²) in [5.74, 6) is 0.833. The fourth-order valence-electron chi connectivity index (χ4n) is 2.09. The summed E-state index contributed by atoms with van der Waals surface area (Å²) in [7, 11) is 1.79. The van der Waals surface area contributed by atoms with Gasteiger partial charge in [-0.1, -0.05) is 6.07 Å². The lowest BCUT2D eigenvalue weighted by Crippen LogP contribution is -2.30. The van der Waals surface area contributed by atoms with Crippen molar-refractivity contribution in [3.05, 3.63) is 36.5 Å². The Bertz CT molecular complexity index is 596. The van der Waals surface area contributed by atoms with E-state index in [4.69, 9.17) is 10.5 Å². The zero-order chi connectivity index (χ0) is 15.1. The van der Waals surface area contributed by atoms with Gasteiger partial charge in [-0.2, -0.15) is 0 Å². The second kappa shape index (κ2) is 7.59. The van der Waals surface area contributed by atoms with Crippen LogP contribution >= 0.6 is 0 Å². The normalized spacial score (nSPS) is 10.6. The molecule has 0 spiro atoms. The number of nitrogens with two attached hydrogens (primary N) is 1. The van der Waals surface area contributed by atoms with Crippen LogP contribution in [0.15, 0.2) is 36.5 Å². The molecule has 1 heterocycles. The molecule has 1 aromatic heterocycles. The summed E-state index contributed by atoms with van der Waals surface area (Å²) in [6, 6.07) is 9.58. The molecule has 0 atom stereocenters. The van der Waals surface area contributed by atoms with Crippen LogP contribution < -0.4 is 10.5 Å². The van der Waals surface area contributed by atoms with Crippen LogP contribution in [-0.4, -0.2) is 42.5 Å². The van der Waals surface area contributed by atoms with Crippen LogP contribution in [0.4, 0.5) is 0 Å². The van der Waals surface area contributed by atoms with Gasteiger partial charge < -0.3 is 15.4 Å². The summed E-state index contributed by atoms with van der Waals surface area (Å²) in [6.07, 6.45) is 2.93. The first-order chi connectivity index (χ1) is 10.2. The predicted octanol–water partition coefficient (Wildman–Crippen LogP) is 1.81. The topological polar surface area (TPSA) is 68.5 Å². The Hall–Kier alpha value is -2.14. The fraction of sp³-hybridized carbons (Fsp3) is 0.375. The van der Waals surface area contributed by atoms with Crippen molar-refractivity contribution in [1.29, 1.82) is 0 Å². The van der Waals surface area contributed by atoms with Gasteiger partial charge in [-0.15, -0.1) is 0 Å². The van der Waals surface area contributed by atoms with E-state index in [2.05, 4.69) is 4.98 Å². The van der Waals surface area contributed by atoms with Gasteiger partial charge in [-0.25, -0.2) is 0 Å². The van der Waals surface area contributed by atoms with Crippen molar-refractivity contribution >= 4 is 16.8 Å². The average Bonchev–Trinajstić information content (AvgIpc) is 2.52. The van der Waals surface area contributed by atoms with Crippen LogP contribution in [0.5, 0.6) is 5.75 Å². The van der Waals surface area contributed by atoms with Crippen molar-refractivity contribution in [3.63, 3.8) is 0 Å². The highest BCUT2D eigenvalue weighted by Crippen LogP contribution is 2.23. The number of aromatic nitrogens is 1. The molecule has 0 fully saturated rings. The Morgan fingerprint density at radius 2 is 2.19 bits per heavy atom. The molecule has 2 rings (SSSR count). The Balaban J connectivity index is 1.89. The van der Waals surface area contributed by atoms with Gasteiger partial charge >= 0.3 is 0 Å². The van der Waals surface area contributed by atoms with Crippen LogP contribution in [0.2, 0.25) is 0 Å². The number of carbonyl (C=O) groups excluding carboxylic acids is 1. The molecule has 1 aromatic carbocycles. The minimum atomic E-state index is 0.0711. The molecular weight excluding hydrogens is 266 g/mol. The van der Waals surface area contributed by atoms with E-state index in [1.54, 1.807) is 18.1 Å². The molecule has 21 heavy (non-hydrogen) atoms. The standard InChI is InChI=1S/C16H21N3O2/c1-19(11-4-9-17)16(20)8-12-21-15-7-2-6-14-13(15)5-3-10-18-14/h2-3,5-7,10H,4,8-9,11-12,17H2,1H3. The number of pyridine rings is 1. The third-order valence-corrected chi connectivity index (χ3v) is 3.30. The summed E-state index contributed by atoms with van der Waals surface area (Å²) < 4.78 is 5.73. The number of amides is 1. The smallest absolute Gasteiger partial charge is 0.225 e. The second-order valence-corrected chi connectivity index (χ2v) is 4.88. The Morgan fingerprint density at radius 3 is 3.00 bits per heavy atom. The summed E-state index contributed by atoms with van der Waals surface area (Å²) in [5, 5.41) is 0.962. The maximum atomic E-state index is 11.9. The molecule has 112 valence electrons. The molecule has 0 aliphatic carbocycles. The first-order valence-corrected chi connectivity index (χ1v) is 7.13. The van der Waals surface area contributed by atoms with Crippen molar-refractivity contribution < 1.29 is 9.53 Å². The van der Waals surface area contributed by atoms with E-state index in [-0.39, 0.29) is 5.91 Å². The number of ether oxygens (including phenoxy) is 1. The van der Waals surface area contributed by atoms with Crippen molar-refractivity contribution in [1.82, 2.24) is 9.88 Å². The van der Waals surface area contributed by atoms with Gasteiger partial charge in [0.15, 0.2) is 0 Å². The zero-order valence-corrected chi connectivity index (χ0v) is 12.3. The highest BCUT2D eigenvalue weighted by molar-refractivity contribution is 5.84. The predicted molar refractivity (Wildman–Crippen MR) is 83.2 cm³/mol. The highest BCUT2D eigenvalue weighted by Gasteiger charge is 2.09. The quantitative estimate of drug-likeness (QED) is 0.843. The summed E-state index contributed by atoms with van der Waals surface area (Å²) in [6.45, 7) is 1.64. The van der Waals surface area contributed by atoms with E-state index in [0.29, 0.717) is 26.1 Å². The minimum absolute atomic E-state index is 0.0711. The summed E-state index contributed by atoms with van der Waals surface area (Å²) in [4.78, 5) is 17.9. The van der Waals surface area contributed by atoms with Crippen LogP contribution in [-0.2, 0) is 4.79 Å². The molecule has 5 nitrogen and oxygen atoms in total. The molecule has 0 unspecified atom stereocenters. The highest BCUT2D eigenvalue weighted by atomic mass is 16.5. The van der Waals surface area contributed by atoms with Crippen LogP contribution in [0.3, 0.4) is 0 Å². The van der Waals surface area contributed by atoms with Gasteiger partial charge in [-0.3, -0.25) is 9.78 Å². The molecule has 1 amide bonds. The number of benzene rings is 1. The van der Waals surface area contributed by atoms with Gasteiger partial charge in [0.05, 0.1) is 18.5 Å². The van der Waals surface area contributed by atoms with Crippen molar-refractivity contribution in [3.8, 4) is 5.75 Å². The fourth-order valence-corrected chi connectivity index (χ4v) is 2.09. The van der Waals surface area contributed by atoms with Crippen molar-refractivity contribution in [2.24, 2.45) is 5.73 Å². The maximum absolute atomic E-state index is 11.9. The van der Waals surface area contributed by atoms with E-state index >= 15 is 0 Å². The van der Waals surface area contributed by atoms with Crippen LogP contribution in [0.25, 0.3) is 10.9 Å². The second-order valence-electron chi connectivity index (χ2n) is 4.88. The van der Waals surface area contributed by atoms with Crippen LogP contribution in [0.1, 0.15) is 12.8 Å². The zero-order valence-electron chi connectivity index (χ0n) is 12.3. The number of carbonyl (C=O) groups is 1. The van der Waals surface area contributed by atoms with Gasteiger partial charge in [0.25, 0.3) is 0 Å². The van der Waals surface area contributed by atoms with E-state index in [1.807, 2.05) is 30.3 Å². The largest absolute Gasteiger partial charge is 0.492 e. The molecular formula is C16H21N3O2.